The molecule has 0 fully saturated rings. The molecule has 0 unspecified atom stereocenters. The molecule has 0 N–H and O–H groups in total. The first kappa shape index (κ1) is 25.4. The van der Waals surface area contributed by atoms with E-state index in [0.717, 1.165) is 4.68 Å². The van der Waals surface area contributed by atoms with Crippen LogP contribution in [0.15, 0.2) is 71.8 Å². The standard InChI is InChI=1S/C24H13ClF6N6O/c25-18-4-2-1-3-16(18)20-17(12-38-35-20)21-22(19-10-32-5-6-33-19)37(36-34-21)11-13-7-14(23(26,27)28)9-15(8-13)24(29,30)31/h1-10,12H,11H2. The molecule has 5 aromatic rings. The third kappa shape index (κ3) is 4.96. The third-order valence-electron chi connectivity index (χ3n) is 5.47. The van der Waals surface area contributed by atoms with Crippen LogP contribution < -0.4 is 0 Å². The van der Waals surface area contributed by atoms with E-state index in [1.165, 1.54) is 24.9 Å². The van der Waals surface area contributed by atoms with Crippen LogP contribution in [0, 0.1) is 0 Å². The zero-order chi connectivity index (χ0) is 27.1. The molecule has 7 nitrogen and oxygen atoms in total. The maximum absolute atomic E-state index is 13.4. The van der Waals surface area contributed by atoms with Gasteiger partial charge in [-0.05, 0) is 29.8 Å². The summed E-state index contributed by atoms with van der Waals surface area (Å²) in [5.41, 5.74) is -1.52. The summed E-state index contributed by atoms with van der Waals surface area (Å²) in [5, 5.41) is 12.5. The number of rotatable bonds is 5. The maximum atomic E-state index is 13.4. The molecule has 0 aliphatic rings. The van der Waals surface area contributed by atoms with Crippen LogP contribution in [0.4, 0.5) is 26.3 Å². The molecule has 2 aromatic carbocycles. The average molecular weight is 551 g/mol. The van der Waals surface area contributed by atoms with Crippen LogP contribution >= 0.6 is 11.6 Å². The predicted octanol–water partition coefficient (Wildman–Crippen LogP) is 6.80. The number of benzene rings is 2. The molecule has 0 saturated heterocycles. The van der Waals surface area contributed by atoms with Gasteiger partial charge in [-0.3, -0.25) is 9.97 Å². The molecule has 0 amide bonds. The summed E-state index contributed by atoms with van der Waals surface area (Å²) < 4.78 is 86.7. The summed E-state index contributed by atoms with van der Waals surface area (Å²) >= 11 is 6.32. The van der Waals surface area contributed by atoms with Crippen molar-refractivity contribution < 1.29 is 30.9 Å². The van der Waals surface area contributed by atoms with E-state index in [2.05, 4.69) is 25.4 Å². The van der Waals surface area contributed by atoms with Crippen LogP contribution in [0.2, 0.25) is 5.02 Å². The van der Waals surface area contributed by atoms with Gasteiger partial charge in [0.15, 0.2) is 0 Å². The minimum absolute atomic E-state index is 0.0624. The average Bonchev–Trinajstić information content (AvgIpc) is 3.51. The Morgan fingerprint density at radius 3 is 2.21 bits per heavy atom. The number of halogens is 7. The van der Waals surface area contributed by atoms with Crippen molar-refractivity contribution in [2.24, 2.45) is 0 Å². The molecule has 0 aliphatic carbocycles. The first-order valence-electron chi connectivity index (χ1n) is 10.7. The quantitative estimate of drug-likeness (QED) is 0.224. The monoisotopic (exact) mass is 550 g/mol. The fourth-order valence-electron chi connectivity index (χ4n) is 3.82. The SMILES string of the molecule is FC(F)(F)c1cc(Cn2nnc(-c3conc3-c3ccccc3Cl)c2-c2cnccn2)cc(C(F)(F)F)c1. The van der Waals surface area contributed by atoms with Crippen molar-refractivity contribution in [3.05, 3.63) is 89.0 Å². The fourth-order valence-corrected chi connectivity index (χ4v) is 4.04. The molecule has 0 spiro atoms. The first-order valence-corrected chi connectivity index (χ1v) is 11.1. The largest absolute Gasteiger partial charge is 0.416 e. The highest BCUT2D eigenvalue weighted by molar-refractivity contribution is 6.33. The number of hydrogen-bond acceptors (Lipinski definition) is 6. The molecular formula is C24H13ClF6N6O. The van der Waals surface area contributed by atoms with Crippen LogP contribution in [0.25, 0.3) is 33.9 Å². The molecule has 0 atom stereocenters. The van der Waals surface area contributed by atoms with Crippen molar-refractivity contribution >= 4 is 11.6 Å². The lowest BCUT2D eigenvalue weighted by Crippen LogP contribution is -2.13. The Hall–Kier alpha value is -4.26. The van der Waals surface area contributed by atoms with E-state index in [0.29, 0.717) is 34.0 Å². The number of aromatic nitrogens is 6. The van der Waals surface area contributed by atoms with Crippen LogP contribution in [0.3, 0.4) is 0 Å². The van der Waals surface area contributed by atoms with Crippen molar-refractivity contribution in [1.82, 2.24) is 30.1 Å². The topological polar surface area (TPSA) is 82.5 Å². The van der Waals surface area contributed by atoms with E-state index in [-0.39, 0.29) is 28.7 Å². The van der Waals surface area contributed by atoms with E-state index < -0.39 is 30.0 Å². The van der Waals surface area contributed by atoms with Crippen LogP contribution in [0.1, 0.15) is 16.7 Å². The van der Waals surface area contributed by atoms with Gasteiger partial charge < -0.3 is 4.52 Å². The minimum Gasteiger partial charge on any atom is -0.363 e. The predicted molar refractivity (Wildman–Crippen MR) is 123 cm³/mol. The second-order valence-electron chi connectivity index (χ2n) is 8.01. The van der Waals surface area contributed by atoms with Gasteiger partial charge in [0.05, 0.1) is 34.5 Å². The number of alkyl halides is 6. The minimum atomic E-state index is -5.00. The molecule has 0 bridgehead atoms. The maximum Gasteiger partial charge on any atom is 0.416 e. The van der Waals surface area contributed by atoms with Gasteiger partial charge in [0.2, 0.25) is 0 Å². The zero-order valence-electron chi connectivity index (χ0n) is 18.8. The van der Waals surface area contributed by atoms with Crippen molar-refractivity contribution in [2.75, 3.05) is 0 Å². The van der Waals surface area contributed by atoms with Gasteiger partial charge in [-0.25, -0.2) is 4.68 Å². The molecule has 0 saturated carbocycles. The molecule has 0 radical (unpaired) electrons. The molecule has 194 valence electrons. The highest BCUT2D eigenvalue weighted by atomic mass is 35.5. The van der Waals surface area contributed by atoms with E-state index >= 15 is 0 Å². The lowest BCUT2D eigenvalue weighted by atomic mass is 10.0. The molecule has 3 aromatic heterocycles. The van der Waals surface area contributed by atoms with E-state index in [1.54, 1.807) is 24.3 Å². The second-order valence-corrected chi connectivity index (χ2v) is 8.41. The second kappa shape index (κ2) is 9.56. The summed E-state index contributed by atoms with van der Waals surface area (Å²) in [7, 11) is 0. The molecule has 0 aliphatic heterocycles. The van der Waals surface area contributed by atoms with Crippen LogP contribution in [0.5, 0.6) is 0 Å². The van der Waals surface area contributed by atoms with Crippen molar-refractivity contribution in [2.45, 2.75) is 18.9 Å². The van der Waals surface area contributed by atoms with Crippen LogP contribution in [-0.2, 0) is 18.9 Å². The fraction of sp³-hybridized carbons (Fsp3) is 0.125. The Bertz CT molecular complexity index is 1560. The Kier molecular flexibility index (Phi) is 6.39. The molecule has 14 heteroatoms. The normalized spacial score (nSPS) is 12.2. The third-order valence-corrected chi connectivity index (χ3v) is 5.80. The number of hydrogen-bond donors (Lipinski definition) is 0. The lowest BCUT2D eigenvalue weighted by Gasteiger charge is -2.15. The van der Waals surface area contributed by atoms with Gasteiger partial charge >= 0.3 is 12.4 Å². The Morgan fingerprint density at radius 1 is 0.868 bits per heavy atom. The van der Waals surface area contributed by atoms with Gasteiger partial charge in [0.25, 0.3) is 0 Å². The Morgan fingerprint density at radius 2 is 1.58 bits per heavy atom. The summed E-state index contributed by atoms with van der Waals surface area (Å²) in [6.07, 6.45) is -4.60. The van der Waals surface area contributed by atoms with Gasteiger partial charge in [0, 0.05) is 18.0 Å². The van der Waals surface area contributed by atoms with E-state index in [9.17, 15) is 26.3 Å². The summed E-state index contributed by atoms with van der Waals surface area (Å²) in [6, 6.07) is 8.10. The molecular weight excluding hydrogens is 538 g/mol. The highest BCUT2D eigenvalue weighted by Gasteiger charge is 2.37. The Balaban J connectivity index is 1.66. The van der Waals surface area contributed by atoms with Gasteiger partial charge in [-0.2, -0.15) is 26.3 Å². The zero-order valence-corrected chi connectivity index (χ0v) is 19.6. The molecule has 5 rings (SSSR count). The highest BCUT2D eigenvalue weighted by Crippen LogP contribution is 2.39. The van der Waals surface area contributed by atoms with E-state index in [1.807, 2.05) is 0 Å². The van der Waals surface area contributed by atoms with Crippen molar-refractivity contribution in [3.8, 4) is 33.9 Å². The van der Waals surface area contributed by atoms with Gasteiger partial charge in [-0.15, -0.1) is 5.10 Å². The summed E-state index contributed by atoms with van der Waals surface area (Å²) in [4.78, 5) is 8.24. The van der Waals surface area contributed by atoms with Crippen molar-refractivity contribution in [1.29, 1.82) is 0 Å². The summed E-state index contributed by atoms with van der Waals surface area (Å²) in [5.74, 6) is 0. The van der Waals surface area contributed by atoms with Gasteiger partial charge in [0.1, 0.15) is 29.0 Å². The number of nitrogens with zero attached hydrogens (tertiary/aromatic N) is 6. The first-order chi connectivity index (χ1) is 18.0. The van der Waals surface area contributed by atoms with Crippen LogP contribution in [-0.4, -0.2) is 30.1 Å². The molecule has 38 heavy (non-hydrogen) atoms. The lowest BCUT2D eigenvalue weighted by molar-refractivity contribution is -0.143. The van der Waals surface area contributed by atoms with E-state index in [4.69, 9.17) is 16.1 Å². The smallest absolute Gasteiger partial charge is 0.363 e. The van der Waals surface area contributed by atoms with Crippen molar-refractivity contribution in [3.63, 3.8) is 0 Å². The Labute approximate surface area is 214 Å². The molecule has 3 heterocycles. The summed E-state index contributed by atoms with van der Waals surface area (Å²) in [6.45, 7) is -0.487. The van der Waals surface area contributed by atoms with Gasteiger partial charge in [-0.1, -0.05) is 40.2 Å².